The second kappa shape index (κ2) is 6.49. The lowest BCUT2D eigenvalue weighted by Crippen LogP contribution is -2.07. The van der Waals surface area contributed by atoms with E-state index in [0.717, 1.165) is 22.4 Å². The van der Waals surface area contributed by atoms with Crippen LogP contribution in [0.4, 0.5) is 5.82 Å². The molecule has 0 amide bonds. The van der Waals surface area contributed by atoms with Crippen LogP contribution >= 0.6 is 0 Å². The number of pyridine rings is 2. The summed E-state index contributed by atoms with van der Waals surface area (Å²) in [5.74, 6) is 1.24. The van der Waals surface area contributed by atoms with E-state index in [4.69, 9.17) is 15.5 Å². The molecular formula is C19H19N5O. The smallest absolute Gasteiger partial charge is 0.152 e. The lowest BCUT2D eigenvalue weighted by Gasteiger charge is -2.10. The van der Waals surface area contributed by atoms with Crippen molar-refractivity contribution in [2.24, 2.45) is 0 Å². The van der Waals surface area contributed by atoms with Gasteiger partial charge in [-0.25, -0.2) is 9.97 Å². The third-order valence-corrected chi connectivity index (χ3v) is 4.16. The molecule has 0 atom stereocenters. The van der Waals surface area contributed by atoms with Crippen molar-refractivity contribution in [2.75, 3.05) is 12.3 Å². The number of imidazole rings is 1. The SMILES string of the molecule is CCOCc1nc2c(N)nc3cccnc3c2n1Cc1ccccc1. The molecule has 4 rings (SSSR count). The number of anilines is 1. The first-order chi connectivity index (χ1) is 12.3. The molecule has 0 aliphatic heterocycles. The summed E-state index contributed by atoms with van der Waals surface area (Å²) in [5.41, 5.74) is 10.5. The highest BCUT2D eigenvalue weighted by molar-refractivity contribution is 6.04. The second-order valence-electron chi connectivity index (χ2n) is 5.80. The van der Waals surface area contributed by atoms with Crippen LogP contribution in [0.15, 0.2) is 48.7 Å². The Bertz CT molecular complexity index is 1030. The van der Waals surface area contributed by atoms with Crippen molar-refractivity contribution in [1.82, 2.24) is 19.5 Å². The highest BCUT2D eigenvalue weighted by Gasteiger charge is 2.18. The number of fused-ring (bicyclic) bond motifs is 3. The zero-order valence-corrected chi connectivity index (χ0v) is 14.0. The minimum Gasteiger partial charge on any atom is -0.382 e. The van der Waals surface area contributed by atoms with Crippen LogP contribution in [0.2, 0.25) is 0 Å². The molecule has 3 heterocycles. The maximum atomic E-state index is 6.17. The summed E-state index contributed by atoms with van der Waals surface area (Å²) in [7, 11) is 0. The summed E-state index contributed by atoms with van der Waals surface area (Å²) in [6.45, 7) is 3.69. The molecule has 0 spiro atoms. The van der Waals surface area contributed by atoms with Gasteiger partial charge in [-0.05, 0) is 24.6 Å². The molecule has 0 aliphatic rings. The number of rotatable bonds is 5. The second-order valence-corrected chi connectivity index (χ2v) is 5.80. The maximum absolute atomic E-state index is 6.17. The number of nitrogen functional groups attached to an aromatic ring is 1. The first-order valence-electron chi connectivity index (χ1n) is 8.29. The minimum atomic E-state index is 0.417. The Morgan fingerprint density at radius 3 is 2.68 bits per heavy atom. The average Bonchev–Trinajstić information content (AvgIpc) is 3.00. The molecule has 0 unspecified atom stereocenters. The molecule has 6 heteroatoms. The van der Waals surface area contributed by atoms with E-state index >= 15 is 0 Å². The number of hydrogen-bond acceptors (Lipinski definition) is 5. The Morgan fingerprint density at radius 2 is 1.88 bits per heavy atom. The summed E-state index contributed by atoms with van der Waals surface area (Å²) in [6.07, 6.45) is 1.77. The highest BCUT2D eigenvalue weighted by atomic mass is 16.5. The van der Waals surface area contributed by atoms with Crippen molar-refractivity contribution in [2.45, 2.75) is 20.1 Å². The molecule has 3 aromatic heterocycles. The summed E-state index contributed by atoms with van der Waals surface area (Å²) in [6, 6.07) is 14.0. The van der Waals surface area contributed by atoms with Gasteiger partial charge in [0.25, 0.3) is 0 Å². The van der Waals surface area contributed by atoms with Gasteiger partial charge in [0.2, 0.25) is 0 Å². The fourth-order valence-corrected chi connectivity index (χ4v) is 3.01. The predicted molar refractivity (Wildman–Crippen MR) is 98.1 cm³/mol. The molecule has 0 bridgehead atoms. The monoisotopic (exact) mass is 333 g/mol. The molecule has 0 saturated carbocycles. The molecule has 1 aromatic carbocycles. The third-order valence-electron chi connectivity index (χ3n) is 4.16. The lowest BCUT2D eigenvalue weighted by molar-refractivity contribution is 0.126. The van der Waals surface area contributed by atoms with E-state index in [1.165, 1.54) is 5.56 Å². The van der Waals surface area contributed by atoms with E-state index in [9.17, 15) is 0 Å². The summed E-state index contributed by atoms with van der Waals surface area (Å²) < 4.78 is 7.75. The summed E-state index contributed by atoms with van der Waals surface area (Å²) in [4.78, 5) is 13.7. The Kier molecular flexibility index (Phi) is 4.03. The topological polar surface area (TPSA) is 78.8 Å². The first kappa shape index (κ1) is 15.5. The van der Waals surface area contributed by atoms with Gasteiger partial charge in [0.1, 0.15) is 29.0 Å². The standard InChI is InChI=1S/C19H19N5O/c1-2-25-12-15-23-17-18(24(15)11-13-7-4-3-5-8-13)16-14(22-19(17)20)9-6-10-21-16/h3-10H,2,11-12H2,1H3,(H2,20,22). The van der Waals surface area contributed by atoms with Crippen molar-refractivity contribution >= 4 is 27.9 Å². The van der Waals surface area contributed by atoms with Crippen molar-refractivity contribution < 1.29 is 4.74 Å². The molecule has 0 fully saturated rings. The van der Waals surface area contributed by atoms with E-state index in [2.05, 4.69) is 26.7 Å². The number of nitrogens with two attached hydrogens (primary N) is 1. The van der Waals surface area contributed by atoms with Crippen LogP contribution in [0.5, 0.6) is 0 Å². The number of nitrogens with zero attached hydrogens (tertiary/aromatic N) is 4. The maximum Gasteiger partial charge on any atom is 0.152 e. The molecule has 4 aromatic rings. The van der Waals surface area contributed by atoms with Gasteiger partial charge in [0, 0.05) is 19.3 Å². The Labute approximate surface area is 145 Å². The van der Waals surface area contributed by atoms with E-state index in [-0.39, 0.29) is 0 Å². The van der Waals surface area contributed by atoms with Crippen LogP contribution in [-0.4, -0.2) is 26.1 Å². The predicted octanol–water partition coefficient (Wildman–Crippen LogP) is 3.15. The van der Waals surface area contributed by atoms with Gasteiger partial charge in [0.05, 0.1) is 5.52 Å². The summed E-state index contributed by atoms with van der Waals surface area (Å²) in [5, 5.41) is 0. The van der Waals surface area contributed by atoms with Crippen LogP contribution in [-0.2, 0) is 17.9 Å². The van der Waals surface area contributed by atoms with Gasteiger partial charge in [-0.1, -0.05) is 30.3 Å². The van der Waals surface area contributed by atoms with Gasteiger partial charge in [-0.2, -0.15) is 0 Å². The van der Waals surface area contributed by atoms with Crippen molar-refractivity contribution in [3.8, 4) is 0 Å². The minimum absolute atomic E-state index is 0.417. The fourth-order valence-electron chi connectivity index (χ4n) is 3.01. The number of hydrogen-bond donors (Lipinski definition) is 1. The van der Waals surface area contributed by atoms with Gasteiger partial charge in [-0.15, -0.1) is 0 Å². The summed E-state index contributed by atoms with van der Waals surface area (Å²) >= 11 is 0. The van der Waals surface area contributed by atoms with E-state index in [1.54, 1.807) is 6.20 Å². The van der Waals surface area contributed by atoms with Crippen LogP contribution in [0.3, 0.4) is 0 Å². The molecule has 25 heavy (non-hydrogen) atoms. The average molecular weight is 333 g/mol. The van der Waals surface area contributed by atoms with Gasteiger partial charge >= 0.3 is 0 Å². The van der Waals surface area contributed by atoms with Crippen LogP contribution in [0, 0.1) is 0 Å². The Morgan fingerprint density at radius 1 is 1.04 bits per heavy atom. The van der Waals surface area contributed by atoms with Crippen LogP contribution in [0.1, 0.15) is 18.3 Å². The molecule has 0 radical (unpaired) electrons. The van der Waals surface area contributed by atoms with Gasteiger partial charge in [-0.3, -0.25) is 4.98 Å². The molecule has 0 aliphatic carbocycles. The molecular weight excluding hydrogens is 314 g/mol. The quantitative estimate of drug-likeness (QED) is 0.607. The Hall–Kier alpha value is -2.99. The lowest BCUT2D eigenvalue weighted by atomic mass is 10.2. The van der Waals surface area contributed by atoms with Crippen molar-refractivity contribution in [3.63, 3.8) is 0 Å². The fraction of sp³-hybridized carbons (Fsp3) is 0.211. The first-order valence-corrected chi connectivity index (χ1v) is 8.29. The zero-order valence-electron chi connectivity index (χ0n) is 14.0. The number of ether oxygens (including phenoxy) is 1. The van der Waals surface area contributed by atoms with Gasteiger partial charge in [0.15, 0.2) is 5.82 Å². The number of aromatic nitrogens is 4. The third kappa shape index (κ3) is 2.81. The van der Waals surface area contributed by atoms with E-state index < -0.39 is 0 Å². The zero-order chi connectivity index (χ0) is 17.2. The van der Waals surface area contributed by atoms with E-state index in [1.807, 2.05) is 37.3 Å². The largest absolute Gasteiger partial charge is 0.382 e. The van der Waals surface area contributed by atoms with Crippen molar-refractivity contribution in [3.05, 3.63) is 60.0 Å². The molecule has 6 nitrogen and oxygen atoms in total. The normalized spacial score (nSPS) is 11.4. The van der Waals surface area contributed by atoms with Crippen LogP contribution in [0.25, 0.3) is 22.1 Å². The van der Waals surface area contributed by atoms with Crippen LogP contribution < -0.4 is 5.73 Å². The highest BCUT2D eigenvalue weighted by Crippen LogP contribution is 2.28. The van der Waals surface area contributed by atoms with E-state index in [0.29, 0.717) is 31.1 Å². The molecule has 126 valence electrons. The number of benzene rings is 1. The molecule has 0 saturated heterocycles. The Balaban J connectivity index is 1.98. The molecule has 2 N–H and O–H groups in total. The van der Waals surface area contributed by atoms with Crippen molar-refractivity contribution in [1.29, 1.82) is 0 Å². The van der Waals surface area contributed by atoms with Gasteiger partial charge < -0.3 is 15.0 Å².